The summed E-state index contributed by atoms with van der Waals surface area (Å²) in [5.74, 6) is -1.06. The number of methoxy groups -OCH3 is 1. The summed E-state index contributed by atoms with van der Waals surface area (Å²) in [6.45, 7) is -0.0711. The van der Waals surface area contributed by atoms with E-state index in [2.05, 4.69) is 10.6 Å². The minimum absolute atomic E-state index is 0.0711. The van der Waals surface area contributed by atoms with Crippen molar-refractivity contribution >= 4 is 28.4 Å². The number of rotatable bonds is 5. The van der Waals surface area contributed by atoms with Crippen LogP contribution in [0.2, 0.25) is 0 Å². The zero-order chi connectivity index (χ0) is 19.4. The third-order valence-electron chi connectivity index (χ3n) is 4.28. The quantitative estimate of drug-likeness (QED) is 0.601. The Morgan fingerprint density at radius 2 is 1.93 bits per heavy atom. The molecule has 1 unspecified atom stereocenters. The molecule has 0 bridgehead atoms. The highest BCUT2D eigenvalue weighted by Gasteiger charge is 2.18. The maximum atomic E-state index is 12.0. The first-order valence-corrected chi connectivity index (χ1v) is 8.45. The van der Waals surface area contributed by atoms with Crippen molar-refractivity contribution in [1.29, 1.82) is 0 Å². The summed E-state index contributed by atoms with van der Waals surface area (Å²) < 4.78 is 6.98. The van der Waals surface area contributed by atoms with E-state index in [0.29, 0.717) is 17.0 Å². The van der Waals surface area contributed by atoms with Crippen LogP contribution in [-0.2, 0) is 16.6 Å². The molecule has 0 radical (unpaired) electrons. The van der Waals surface area contributed by atoms with Gasteiger partial charge in [0, 0.05) is 48.0 Å². The SMILES string of the molecule is COc1cccc(NC(=O)C(=O)NCC(O)c2cn(C)c3ccccc23)c1. The molecular weight excluding hydrogens is 346 g/mol. The lowest BCUT2D eigenvalue weighted by atomic mass is 10.1. The number of amides is 2. The maximum Gasteiger partial charge on any atom is 0.313 e. The Kier molecular flexibility index (Phi) is 5.42. The molecule has 0 aliphatic carbocycles. The fourth-order valence-corrected chi connectivity index (χ4v) is 2.91. The number of fused-ring (bicyclic) bond motifs is 1. The second kappa shape index (κ2) is 7.92. The average molecular weight is 367 g/mol. The highest BCUT2D eigenvalue weighted by atomic mass is 16.5. The van der Waals surface area contributed by atoms with Crippen molar-refractivity contribution in [2.45, 2.75) is 6.10 Å². The molecule has 0 spiro atoms. The van der Waals surface area contributed by atoms with Crippen LogP contribution < -0.4 is 15.4 Å². The van der Waals surface area contributed by atoms with Gasteiger partial charge in [0.15, 0.2) is 0 Å². The summed E-state index contributed by atoms with van der Waals surface area (Å²) in [6, 6.07) is 14.4. The number of anilines is 1. The van der Waals surface area contributed by atoms with Crippen LogP contribution >= 0.6 is 0 Å². The zero-order valence-electron chi connectivity index (χ0n) is 15.1. The van der Waals surface area contributed by atoms with Gasteiger partial charge in [0.25, 0.3) is 0 Å². The lowest BCUT2D eigenvalue weighted by molar-refractivity contribution is -0.136. The van der Waals surface area contributed by atoms with Crippen LogP contribution in [0.5, 0.6) is 5.75 Å². The van der Waals surface area contributed by atoms with Crippen molar-refractivity contribution in [2.24, 2.45) is 7.05 Å². The van der Waals surface area contributed by atoms with E-state index in [1.54, 1.807) is 24.3 Å². The minimum Gasteiger partial charge on any atom is -0.497 e. The highest BCUT2D eigenvalue weighted by molar-refractivity contribution is 6.39. The van der Waals surface area contributed by atoms with Crippen molar-refractivity contribution in [1.82, 2.24) is 9.88 Å². The number of carbonyl (C=O) groups excluding carboxylic acids is 2. The maximum absolute atomic E-state index is 12.0. The van der Waals surface area contributed by atoms with Gasteiger partial charge in [-0.05, 0) is 18.2 Å². The van der Waals surface area contributed by atoms with E-state index < -0.39 is 17.9 Å². The number of aliphatic hydroxyl groups excluding tert-OH is 1. The number of aromatic nitrogens is 1. The van der Waals surface area contributed by atoms with Gasteiger partial charge in [-0.15, -0.1) is 0 Å². The molecule has 3 N–H and O–H groups in total. The predicted molar refractivity (Wildman–Crippen MR) is 103 cm³/mol. The number of nitrogens with zero attached hydrogens (tertiary/aromatic N) is 1. The fraction of sp³-hybridized carbons (Fsp3) is 0.200. The molecule has 3 rings (SSSR count). The lowest BCUT2D eigenvalue weighted by Crippen LogP contribution is -2.37. The Morgan fingerprint density at radius 3 is 2.70 bits per heavy atom. The number of nitrogens with one attached hydrogen (secondary N) is 2. The molecule has 1 heterocycles. The van der Waals surface area contributed by atoms with Gasteiger partial charge in [0.2, 0.25) is 0 Å². The number of hydrogen-bond acceptors (Lipinski definition) is 4. The van der Waals surface area contributed by atoms with Gasteiger partial charge in [-0.3, -0.25) is 9.59 Å². The van der Waals surface area contributed by atoms with Crippen molar-refractivity contribution in [3.63, 3.8) is 0 Å². The number of carbonyl (C=O) groups is 2. The first kappa shape index (κ1) is 18.5. The van der Waals surface area contributed by atoms with Crippen LogP contribution in [0.1, 0.15) is 11.7 Å². The summed E-state index contributed by atoms with van der Waals surface area (Å²) in [4.78, 5) is 24.1. The Morgan fingerprint density at radius 1 is 1.15 bits per heavy atom. The van der Waals surface area contributed by atoms with E-state index in [1.807, 2.05) is 42.1 Å². The number of hydrogen-bond donors (Lipinski definition) is 3. The molecule has 2 amide bonds. The van der Waals surface area contributed by atoms with Gasteiger partial charge < -0.3 is 25.0 Å². The third-order valence-corrected chi connectivity index (χ3v) is 4.28. The second-order valence-electron chi connectivity index (χ2n) is 6.12. The molecule has 0 aliphatic heterocycles. The number of benzene rings is 2. The van der Waals surface area contributed by atoms with Gasteiger partial charge in [-0.25, -0.2) is 0 Å². The van der Waals surface area contributed by atoms with Crippen molar-refractivity contribution in [2.75, 3.05) is 19.0 Å². The molecule has 0 saturated carbocycles. The molecule has 0 saturated heterocycles. The van der Waals surface area contributed by atoms with Crippen molar-refractivity contribution < 1.29 is 19.4 Å². The van der Waals surface area contributed by atoms with Gasteiger partial charge in [0.1, 0.15) is 5.75 Å². The molecule has 0 fully saturated rings. The molecule has 27 heavy (non-hydrogen) atoms. The molecule has 3 aromatic rings. The Hall–Kier alpha value is -3.32. The third kappa shape index (κ3) is 4.09. The number of aliphatic hydroxyl groups is 1. The van der Waals surface area contributed by atoms with E-state index in [0.717, 1.165) is 10.9 Å². The van der Waals surface area contributed by atoms with Crippen molar-refractivity contribution in [3.05, 3.63) is 60.3 Å². The fourth-order valence-electron chi connectivity index (χ4n) is 2.91. The lowest BCUT2D eigenvalue weighted by Gasteiger charge is -2.12. The molecule has 140 valence electrons. The molecule has 2 aromatic carbocycles. The monoisotopic (exact) mass is 367 g/mol. The first-order chi connectivity index (χ1) is 13.0. The standard InChI is InChI=1S/C20H21N3O4/c1-23-12-16(15-8-3-4-9-17(15)23)18(24)11-21-19(25)20(26)22-13-6-5-7-14(10-13)27-2/h3-10,12,18,24H,11H2,1-2H3,(H,21,25)(H,22,26). The Balaban J connectivity index is 1.61. The Bertz CT molecular complexity index is 980. The van der Waals surface area contributed by atoms with E-state index in [4.69, 9.17) is 4.74 Å². The second-order valence-corrected chi connectivity index (χ2v) is 6.12. The topological polar surface area (TPSA) is 92.6 Å². The highest BCUT2D eigenvalue weighted by Crippen LogP contribution is 2.25. The summed E-state index contributed by atoms with van der Waals surface area (Å²) in [5, 5.41) is 16.3. The van der Waals surface area contributed by atoms with E-state index in [9.17, 15) is 14.7 Å². The minimum atomic E-state index is -0.926. The number of aryl methyl sites for hydroxylation is 1. The van der Waals surface area contributed by atoms with Crippen LogP contribution in [0.4, 0.5) is 5.69 Å². The summed E-state index contributed by atoms with van der Waals surface area (Å²) >= 11 is 0. The van der Waals surface area contributed by atoms with Crippen LogP contribution in [-0.4, -0.2) is 35.1 Å². The molecular formula is C20H21N3O4. The smallest absolute Gasteiger partial charge is 0.313 e. The normalized spacial score (nSPS) is 11.8. The van der Waals surface area contributed by atoms with E-state index in [1.165, 1.54) is 7.11 Å². The summed E-state index contributed by atoms with van der Waals surface area (Å²) in [6.07, 6.45) is 0.891. The van der Waals surface area contributed by atoms with E-state index in [-0.39, 0.29) is 6.54 Å². The largest absolute Gasteiger partial charge is 0.497 e. The molecule has 1 aromatic heterocycles. The van der Waals surface area contributed by atoms with Gasteiger partial charge >= 0.3 is 11.8 Å². The molecule has 1 atom stereocenters. The van der Waals surface area contributed by atoms with Gasteiger partial charge in [-0.2, -0.15) is 0 Å². The van der Waals surface area contributed by atoms with Crippen LogP contribution in [0.25, 0.3) is 10.9 Å². The van der Waals surface area contributed by atoms with Crippen LogP contribution in [0.3, 0.4) is 0 Å². The molecule has 7 heteroatoms. The van der Waals surface area contributed by atoms with Gasteiger partial charge in [-0.1, -0.05) is 24.3 Å². The summed E-state index contributed by atoms with van der Waals surface area (Å²) in [5.41, 5.74) is 2.12. The zero-order valence-corrected chi connectivity index (χ0v) is 15.1. The molecule has 0 aliphatic rings. The predicted octanol–water partition coefficient (Wildman–Crippen LogP) is 1.98. The van der Waals surface area contributed by atoms with Crippen LogP contribution in [0.15, 0.2) is 54.7 Å². The number of para-hydroxylation sites is 1. The first-order valence-electron chi connectivity index (χ1n) is 8.45. The molecule has 7 nitrogen and oxygen atoms in total. The average Bonchev–Trinajstić information content (AvgIpc) is 3.03. The van der Waals surface area contributed by atoms with Crippen molar-refractivity contribution in [3.8, 4) is 5.75 Å². The van der Waals surface area contributed by atoms with Crippen LogP contribution in [0, 0.1) is 0 Å². The summed E-state index contributed by atoms with van der Waals surface area (Å²) in [7, 11) is 3.40. The van der Waals surface area contributed by atoms with Gasteiger partial charge in [0.05, 0.1) is 13.2 Å². The van der Waals surface area contributed by atoms with E-state index >= 15 is 0 Å². The number of ether oxygens (including phenoxy) is 1. The Labute approximate surface area is 156 Å².